The summed E-state index contributed by atoms with van der Waals surface area (Å²) in [4.78, 5) is 13.5. The SMILES string of the molecule is CNCC(C)C(=O)N(C)Cc1cc(Br)ccc1F.Cl. The van der Waals surface area contributed by atoms with E-state index in [0.717, 1.165) is 4.47 Å². The second-order valence-electron chi connectivity index (χ2n) is 4.39. The molecule has 0 aliphatic rings. The number of hydrogen-bond donors (Lipinski definition) is 1. The Morgan fingerprint density at radius 1 is 1.53 bits per heavy atom. The molecular weight excluding hydrogens is 335 g/mol. The van der Waals surface area contributed by atoms with Crippen LogP contribution >= 0.6 is 28.3 Å². The van der Waals surface area contributed by atoms with Crippen LogP contribution in [0.4, 0.5) is 4.39 Å². The quantitative estimate of drug-likeness (QED) is 0.883. The van der Waals surface area contributed by atoms with Crippen LogP contribution in [0.3, 0.4) is 0 Å². The lowest BCUT2D eigenvalue weighted by Gasteiger charge is -2.21. The molecule has 1 aromatic rings. The molecule has 108 valence electrons. The number of nitrogens with zero attached hydrogens (tertiary/aromatic N) is 1. The first-order valence-electron chi connectivity index (χ1n) is 5.79. The first kappa shape index (κ1) is 18.4. The van der Waals surface area contributed by atoms with Gasteiger partial charge >= 0.3 is 0 Å². The Morgan fingerprint density at radius 2 is 2.16 bits per heavy atom. The van der Waals surface area contributed by atoms with Crippen molar-refractivity contribution in [3.05, 3.63) is 34.1 Å². The highest BCUT2D eigenvalue weighted by molar-refractivity contribution is 9.10. The van der Waals surface area contributed by atoms with Crippen molar-refractivity contribution in [1.29, 1.82) is 0 Å². The number of carbonyl (C=O) groups excluding carboxylic acids is 1. The first-order chi connectivity index (χ1) is 8.45. The molecule has 0 aliphatic heterocycles. The van der Waals surface area contributed by atoms with E-state index in [9.17, 15) is 9.18 Å². The molecule has 0 heterocycles. The van der Waals surface area contributed by atoms with Gasteiger partial charge in [0.15, 0.2) is 0 Å². The molecule has 0 saturated heterocycles. The van der Waals surface area contributed by atoms with Crippen molar-refractivity contribution in [2.45, 2.75) is 13.5 Å². The van der Waals surface area contributed by atoms with Gasteiger partial charge in [-0.15, -0.1) is 12.4 Å². The molecule has 1 unspecified atom stereocenters. The predicted molar refractivity (Wildman–Crippen MR) is 80.9 cm³/mol. The van der Waals surface area contributed by atoms with Crippen molar-refractivity contribution in [1.82, 2.24) is 10.2 Å². The van der Waals surface area contributed by atoms with Gasteiger partial charge < -0.3 is 10.2 Å². The number of benzene rings is 1. The summed E-state index contributed by atoms with van der Waals surface area (Å²) in [6.07, 6.45) is 0. The van der Waals surface area contributed by atoms with Gasteiger partial charge in [-0.05, 0) is 25.2 Å². The third-order valence-corrected chi connectivity index (χ3v) is 3.22. The number of hydrogen-bond acceptors (Lipinski definition) is 2. The zero-order valence-electron chi connectivity index (χ0n) is 11.2. The van der Waals surface area contributed by atoms with Gasteiger partial charge in [-0.1, -0.05) is 22.9 Å². The van der Waals surface area contributed by atoms with Gasteiger partial charge in [0.2, 0.25) is 5.91 Å². The molecule has 3 nitrogen and oxygen atoms in total. The molecule has 0 spiro atoms. The average molecular weight is 354 g/mol. The zero-order chi connectivity index (χ0) is 13.7. The maximum Gasteiger partial charge on any atom is 0.226 e. The van der Waals surface area contributed by atoms with Crippen LogP contribution in [0.25, 0.3) is 0 Å². The lowest BCUT2D eigenvalue weighted by molar-refractivity contribution is -0.134. The minimum atomic E-state index is -0.292. The fourth-order valence-electron chi connectivity index (χ4n) is 1.77. The van der Waals surface area contributed by atoms with Crippen LogP contribution in [0.1, 0.15) is 12.5 Å². The Labute approximate surface area is 128 Å². The van der Waals surface area contributed by atoms with E-state index in [4.69, 9.17) is 0 Å². The van der Waals surface area contributed by atoms with Crippen LogP contribution in [0.2, 0.25) is 0 Å². The van der Waals surface area contributed by atoms with Gasteiger partial charge in [-0.3, -0.25) is 4.79 Å². The summed E-state index contributed by atoms with van der Waals surface area (Å²) >= 11 is 3.30. The number of rotatable bonds is 5. The molecule has 0 fully saturated rings. The minimum Gasteiger partial charge on any atom is -0.341 e. The molecule has 1 aromatic carbocycles. The normalized spacial score (nSPS) is 11.6. The second kappa shape index (κ2) is 8.51. The fourth-order valence-corrected chi connectivity index (χ4v) is 2.18. The third kappa shape index (κ3) is 5.47. The number of carbonyl (C=O) groups is 1. The van der Waals surface area contributed by atoms with Gasteiger partial charge in [0.05, 0.1) is 0 Å². The van der Waals surface area contributed by atoms with Gasteiger partial charge in [0.1, 0.15) is 5.82 Å². The van der Waals surface area contributed by atoms with E-state index >= 15 is 0 Å². The highest BCUT2D eigenvalue weighted by Crippen LogP contribution is 2.17. The highest BCUT2D eigenvalue weighted by Gasteiger charge is 2.17. The fraction of sp³-hybridized carbons (Fsp3) is 0.462. The Morgan fingerprint density at radius 3 is 2.74 bits per heavy atom. The van der Waals surface area contributed by atoms with E-state index in [-0.39, 0.29) is 36.6 Å². The van der Waals surface area contributed by atoms with Gasteiger partial charge in [-0.2, -0.15) is 0 Å². The molecule has 1 rings (SSSR count). The second-order valence-corrected chi connectivity index (χ2v) is 5.30. The van der Waals surface area contributed by atoms with E-state index in [1.54, 1.807) is 31.1 Å². The summed E-state index contributed by atoms with van der Waals surface area (Å²) in [6, 6.07) is 4.74. The molecule has 0 aliphatic carbocycles. The van der Waals surface area contributed by atoms with Crippen LogP contribution in [-0.2, 0) is 11.3 Å². The molecule has 0 aromatic heterocycles. The Balaban J connectivity index is 0.00000324. The van der Waals surface area contributed by atoms with E-state index in [1.807, 2.05) is 6.92 Å². The molecule has 1 atom stereocenters. The topological polar surface area (TPSA) is 32.3 Å². The summed E-state index contributed by atoms with van der Waals surface area (Å²) in [5.74, 6) is -0.405. The highest BCUT2D eigenvalue weighted by atomic mass is 79.9. The van der Waals surface area contributed by atoms with E-state index in [1.165, 1.54) is 6.07 Å². The molecule has 1 N–H and O–H groups in total. The summed E-state index contributed by atoms with van der Waals surface area (Å²) in [5.41, 5.74) is 0.511. The Bertz CT molecular complexity index is 431. The summed E-state index contributed by atoms with van der Waals surface area (Å²) in [7, 11) is 3.49. The van der Waals surface area contributed by atoms with Crippen molar-refractivity contribution in [3.8, 4) is 0 Å². The molecule has 19 heavy (non-hydrogen) atoms. The number of amides is 1. The maximum absolute atomic E-state index is 13.6. The van der Waals surface area contributed by atoms with Crippen molar-refractivity contribution in [2.24, 2.45) is 5.92 Å². The maximum atomic E-state index is 13.6. The molecule has 0 bridgehead atoms. The lowest BCUT2D eigenvalue weighted by Crippen LogP contribution is -2.35. The molecular formula is C13H19BrClFN2O. The lowest BCUT2D eigenvalue weighted by atomic mass is 10.1. The number of nitrogens with one attached hydrogen (secondary N) is 1. The van der Waals surface area contributed by atoms with Crippen molar-refractivity contribution in [2.75, 3.05) is 20.6 Å². The average Bonchev–Trinajstić information content (AvgIpc) is 2.33. The monoisotopic (exact) mass is 352 g/mol. The molecule has 1 amide bonds. The van der Waals surface area contributed by atoms with Crippen molar-refractivity contribution >= 4 is 34.2 Å². The van der Waals surface area contributed by atoms with Gasteiger partial charge in [0.25, 0.3) is 0 Å². The van der Waals surface area contributed by atoms with E-state index < -0.39 is 0 Å². The smallest absolute Gasteiger partial charge is 0.226 e. The van der Waals surface area contributed by atoms with Gasteiger partial charge in [-0.25, -0.2) is 4.39 Å². The third-order valence-electron chi connectivity index (χ3n) is 2.72. The number of halogens is 3. The summed E-state index contributed by atoms with van der Waals surface area (Å²) < 4.78 is 14.4. The van der Waals surface area contributed by atoms with Crippen LogP contribution in [-0.4, -0.2) is 31.4 Å². The molecule has 0 saturated carbocycles. The summed E-state index contributed by atoms with van der Waals surface area (Å²) in [6.45, 7) is 2.74. The Kier molecular flexibility index (Phi) is 8.22. The predicted octanol–water partition coefficient (Wildman–Crippen LogP) is 2.82. The zero-order valence-corrected chi connectivity index (χ0v) is 13.6. The van der Waals surface area contributed by atoms with Crippen LogP contribution in [0.5, 0.6) is 0 Å². The van der Waals surface area contributed by atoms with Crippen molar-refractivity contribution < 1.29 is 9.18 Å². The molecule has 6 heteroatoms. The Hall–Kier alpha value is -0.650. The standard InChI is InChI=1S/C13H18BrFN2O.ClH/c1-9(7-16-2)13(18)17(3)8-10-6-11(14)4-5-12(10)15;/h4-6,9,16H,7-8H2,1-3H3;1H. The van der Waals surface area contributed by atoms with Crippen molar-refractivity contribution in [3.63, 3.8) is 0 Å². The largest absolute Gasteiger partial charge is 0.341 e. The minimum absolute atomic E-state index is 0. The first-order valence-corrected chi connectivity index (χ1v) is 6.58. The molecule has 0 radical (unpaired) electrons. The van der Waals surface area contributed by atoms with Gasteiger partial charge in [0, 0.05) is 36.1 Å². The van der Waals surface area contributed by atoms with Crippen LogP contribution in [0.15, 0.2) is 22.7 Å². The summed E-state index contributed by atoms with van der Waals surface area (Å²) in [5, 5.41) is 2.96. The van der Waals surface area contributed by atoms with E-state index in [0.29, 0.717) is 12.1 Å². The van der Waals surface area contributed by atoms with E-state index in [2.05, 4.69) is 21.2 Å². The van der Waals surface area contributed by atoms with Crippen LogP contribution in [0, 0.1) is 11.7 Å². The van der Waals surface area contributed by atoms with Crippen LogP contribution < -0.4 is 5.32 Å².